The zero-order valence-electron chi connectivity index (χ0n) is 12.9. The number of imide groups is 1. The molecule has 1 unspecified atom stereocenters. The molecule has 1 aliphatic heterocycles. The second-order valence-electron chi connectivity index (χ2n) is 5.54. The minimum Gasteiger partial charge on any atom is -0.282 e. The highest BCUT2D eigenvalue weighted by atomic mass is 19.1. The summed E-state index contributed by atoms with van der Waals surface area (Å²) in [4.78, 5) is 27.6. The van der Waals surface area contributed by atoms with E-state index >= 15 is 0 Å². The maximum atomic E-state index is 13.1. The summed E-state index contributed by atoms with van der Waals surface area (Å²) in [7, 11) is 0. The van der Waals surface area contributed by atoms with Crippen LogP contribution in [-0.4, -0.2) is 22.9 Å². The monoisotopic (exact) mass is 323 g/mol. The highest BCUT2D eigenvalue weighted by molar-refractivity contribution is 6.13. The summed E-state index contributed by atoms with van der Waals surface area (Å²) in [5.74, 6) is -0.735. The topological polar surface area (TPSA) is 64.4 Å². The van der Waals surface area contributed by atoms with Gasteiger partial charge in [0.05, 0.1) is 18.2 Å². The van der Waals surface area contributed by atoms with Crippen molar-refractivity contribution in [1.82, 2.24) is 4.90 Å². The summed E-state index contributed by atoms with van der Waals surface area (Å²) in [6.07, 6.45) is 0. The van der Waals surface area contributed by atoms with E-state index in [4.69, 9.17) is 5.26 Å². The normalized spacial score (nSPS) is 17.3. The lowest BCUT2D eigenvalue weighted by atomic mass is 10.1. The number of carbonyl (C=O) groups is 2. The standard InChI is InChI=1S/C18H14FN3O2/c1-12-17(23)21(11-14-4-2-3-13(9-14)10-20)18(24)22(12)16-7-5-15(19)6-8-16/h2-9,12H,11H2,1H3. The SMILES string of the molecule is CC1C(=O)N(Cc2cccc(C#N)c2)C(=O)N1c1ccc(F)cc1. The van der Waals surface area contributed by atoms with Crippen LogP contribution in [0.3, 0.4) is 0 Å². The number of urea groups is 1. The van der Waals surface area contributed by atoms with Crippen LogP contribution < -0.4 is 4.90 Å². The van der Waals surface area contributed by atoms with Crippen LogP contribution in [0.1, 0.15) is 18.1 Å². The minimum absolute atomic E-state index is 0.0925. The Morgan fingerprint density at radius 1 is 1.17 bits per heavy atom. The first-order valence-electron chi connectivity index (χ1n) is 7.40. The van der Waals surface area contributed by atoms with E-state index in [2.05, 4.69) is 0 Å². The van der Waals surface area contributed by atoms with Crippen molar-refractivity contribution in [1.29, 1.82) is 5.26 Å². The molecule has 24 heavy (non-hydrogen) atoms. The summed E-state index contributed by atoms with van der Waals surface area (Å²) in [6.45, 7) is 1.73. The molecule has 1 fully saturated rings. The van der Waals surface area contributed by atoms with Gasteiger partial charge in [0.15, 0.2) is 0 Å². The number of carbonyl (C=O) groups excluding carboxylic acids is 2. The number of anilines is 1. The Labute approximate surface area is 138 Å². The van der Waals surface area contributed by atoms with Crippen molar-refractivity contribution in [3.05, 3.63) is 65.5 Å². The maximum absolute atomic E-state index is 13.1. The first-order chi connectivity index (χ1) is 11.5. The first-order valence-corrected chi connectivity index (χ1v) is 7.40. The number of amides is 3. The average Bonchev–Trinajstić information content (AvgIpc) is 2.80. The molecule has 1 aliphatic rings. The Morgan fingerprint density at radius 2 is 1.88 bits per heavy atom. The average molecular weight is 323 g/mol. The van der Waals surface area contributed by atoms with Crippen molar-refractivity contribution in [2.75, 3.05) is 4.90 Å². The third kappa shape index (κ3) is 2.72. The summed E-state index contributed by atoms with van der Waals surface area (Å²) in [6, 6.07) is 13.1. The van der Waals surface area contributed by atoms with Crippen LogP contribution in [-0.2, 0) is 11.3 Å². The molecule has 0 aromatic heterocycles. The Bertz CT molecular complexity index is 842. The highest BCUT2D eigenvalue weighted by Crippen LogP contribution is 2.27. The Hall–Kier alpha value is -3.20. The van der Waals surface area contributed by atoms with Crippen molar-refractivity contribution in [2.24, 2.45) is 0 Å². The lowest BCUT2D eigenvalue weighted by molar-refractivity contribution is -0.127. The fourth-order valence-electron chi connectivity index (χ4n) is 2.73. The van der Waals surface area contributed by atoms with Gasteiger partial charge in [-0.1, -0.05) is 12.1 Å². The number of rotatable bonds is 3. The molecule has 0 radical (unpaired) electrons. The quantitative estimate of drug-likeness (QED) is 0.816. The summed E-state index contributed by atoms with van der Waals surface area (Å²) >= 11 is 0. The third-order valence-electron chi connectivity index (χ3n) is 3.95. The van der Waals surface area contributed by atoms with Crippen LogP contribution in [0.2, 0.25) is 0 Å². The van der Waals surface area contributed by atoms with Gasteiger partial charge in [-0.3, -0.25) is 14.6 Å². The number of nitrogens with zero attached hydrogens (tertiary/aromatic N) is 3. The van der Waals surface area contributed by atoms with E-state index in [9.17, 15) is 14.0 Å². The van der Waals surface area contributed by atoms with Gasteiger partial charge in [-0.15, -0.1) is 0 Å². The van der Waals surface area contributed by atoms with Gasteiger partial charge in [0, 0.05) is 5.69 Å². The highest BCUT2D eigenvalue weighted by Gasteiger charge is 2.43. The smallest absolute Gasteiger partial charge is 0.282 e. The molecule has 0 bridgehead atoms. The largest absolute Gasteiger partial charge is 0.332 e. The Kier molecular flexibility index (Phi) is 4.00. The molecule has 0 aliphatic carbocycles. The Balaban J connectivity index is 1.87. The third-order valence-corrected chi connectivity index (χ3v) is 3.95. The molecule has 1 atom stereocenters. The molecule has 0 N–H and O–H groups in total. The predicted molar refractivity (Wildman–Crippen MR) is 85.4 cm³/mol. The van der Waals surface area contributed by atoms with Crippen molar-refractivity contribution >= 4 is 17.6 Å². The van der Waals surface area contributed by atoms with E-state index in [-0.39, 0.29) is 12.5 Å². The second kappa shape index (κ2) is 6.13. The molecule has 5 nitrogen and oxygen atoms in total. The molecule has 1 saturated heterocycles. The molecule has 3 rings (SSSR count). The minimum atomic E-state index is -0.665. The molecule has 3 amide bonds. The van der Waals surface area contributed by atoms with Gasteiger partial charge in [0.1, 0.15) is 11.9 Å². The van der Waals surface area contributed by atoms with Crippen LogP contribution in [0.5, 0.6) is 0 Å². The maximum Gasteiger partial charge on any atom is 0.332 e. The molecule has 0 spiro atoms. The van der Waals surface area contributed by atoms with Gasteiger partial charge in [-0.25, -0.2) is 9.18 Å². The first kappa shape index (κ1) is 15.7. The number of nitriles is 1. The van der Waals surface area contributed by atoms with Gasteiger partial charge in [-0.05, 0) is 48.9 Å². The van der Waals surface area contributed by atoms with E-state index in [1.165, 1.54) is 29.2 Å². The van der Waals surface area contributed by atoms with E-state index in [0.29, 0.717) is 16.8 Å². The predicted octanol–water partition coefficient (Wildman–Crippen LogP) is 3.05. The van der Waals surface area contributed by atoms with E-state index in [0.717, 1.165) is 4.90 Å². The van der Waals surface area contributed by atoms with Gasteiger partial charge in [0.2, 0.25) is 0 Å². The summed E-state index contributed by atoms with van der Waals surface area (Å²) in [5, 5.41) is 8.95. The summed E-state index contributed by atoms with van der Waals surface area (Å²) < 4.78 is 13.1. The van der Waals surface area contributed by atoms with E-state index in [1.807, 2.05) is 6.07 Å². The van der Waals surface area contributed by atoms with Crippen LogP contribution in [0.15, 0.2) is 48.5 Å². The fraction of sp³-hybridized carbons (Fsp3) is 0.167. The van der Waals surface area contributed by atoms with Gasteiger partial charge in [0.25, 0.3) is 5.91 Å². The van der Waals surface area contributed by atoms with Gasteiger partial charge >= 0.3 is 6.03 Å². The molecule has 0 saturated carbocycles. The van der Waals surface area contributed by atoms with Gasteiger partial charge < -0.3 is 0 Å². The number of benzene rings is 2. The fourth-order valence-corrected chi connectivity index (χ4v) is 2.73. The number of hydrogen-bond donors (Lipinski definition) is 0. The lowest BCUT2D eigenvalue weighted by Gasteiger charge is -2.19. The summed E-state index contributed by atoms with van der Waals surface area (Å²) in [5.41, 5.74) is 1.63. The van der Waals surface area contributed by atoms with Crippen LogP contribution >= 0.6 is 0 Å². The molecule has 2 aromatic carbocycles. The zero-order valence-corrected chi connectivity index (χ0v) is 12.9. The van der Waals surface area contributed by atoms with Crippen molar-refractivity contribution < 1.29 is 14.0 Å². The van der Waals surface area contributed by atoms with E-state index in [1.54, 1.807) is 31.2 Å². The lowest BCUT2D eigenvalue weighted by Crippen LogP contribution is -2.33. The zero-order chi connectivity index (χ0) is 17.3. The van der Waals surface area contributed by atoms with Crippen LogP contribution in [0, 0.1) is 17.1 Å². The van der Waals surface area contributed by atoms with Gasteiger partial charge in [-0.2, -0.15) is 5.26 Å². The number of halogens is 1. The van der Waals surface area contributed by atoms with Crippen molar-refractivity contribution in [3.8, 4) is 6.07 Å². The Morgan fingerprint density at radius 3 is 2.54 bits per heavy atom. The van der Waals surface area contributed by atoms with Crippen LogP contribution in [0.25, 0.3) is 0 Å². The molecular formula is C18H14FN3O2. The molecule has 120 valence electrons. The van der Waals surface area contributed by atoms with E-state index < -0.39 is 17.9 Å². The van der Waals surface area contributed by atoms with Crippen molar-refractivity contribution in [3.63, 3.8) is 0 Å². The molecular weight excluding hydrogens is 309 g/mol. The molecule has 6 heteroatoms. The second-order valence-corrected chi connectivity index (χ2v) is 5.54. The molecule has 1 heterocycles. The van der Waals surface area contributed by atoms with Crippen LogP contribution in [0.4, 0.5) is 14.9 Å². The van der Waals surface area contributed by atoms with Crippen molar-refractivity contribution in [2.45, 2.75) is 19.5 Å². The molecule has 2 aromatic rings. The number of hydrogen-bond acceptors (Lipinski definition) is 3.